The van der Waals surface area contributed by atoms with Crippen LogP contribution < -0.4 is 5.73 Å². The summed E-state index contributed by atoms with van der Waals surface area (Å²) in [5, 5.41) is 10.4. The van der Waals surface area contributed by atoms with Crippen molar-refractivity contribution >= 4 is 28.4 Å². The van der Waals surface area contributed by atoms with Crippen LogP contribution in [0.25, 0.3) is 22.6 Å². The molecule has 0 bridgehead atoms. The summed E-state index contributed by atoms with van der Waals surface area (Å²) in [5.41, 5.74) is 7.81. The van der Waals surface area contributed by atoms with Crippen LogP contribution >= 0.6 is 11.6 Å². The van der Waals surface area contributed by atoms with Crippen LogP contribution in [0.1, 0.15) is 0 Å². The molecule has 0 aliphatic rings. The zero-order chi connectivity index (χ0) is 12.7. The summed E-state index contributed by atoms with van der Waals surface area (Å²) in [5.74, 6) is 0.373. The van der Waals surface area contributed by atoms with Crippen molar-refractivity contribution in [2.75, 3.05) is 5.73 Å². The van der Waals surface area contributed by atoms with Gasteiger partial charge in [0.15, 0.2) is 5.58 Å². The monoisotopic (exact) mass is 260 g/mol. The van der Waals surface area contributed by atoms with E-state index < -0.39 is 0 Å². The number of nitrogen functional groups attached to an aromatic ring is 1. The van der Waals surface area contributed by atoms with Crippen LogP contribution in [0.4, 0.5) is 5.69 Å². The van der Waals surface area contributed by atoms with Gasteiger partial charge in [0, 0.05) is 16.8 Å². The number of hydrogen-bond donors (Lipinski definition) is 2. The number of anilines is 1. The Morgan fingerprint density at radius 1 is 1.17 bits per heavy atom. The minimum absolute atomic E-state index is 0.0349. The van der Waals surface area contributed by atoms with Gasteiger partial charge in [0.25, 0.3) is 0 Å². The van der Waals surface area contributed by atoms with E-state index in [1.54, 1.807) is 30.3 Å². The highest BCUT2D eigenvalue weighted by atomic mass is 35.5. The fraction of sp³-hybridized carbons (Fsp3) is 0. The van der Waals surface area contributed by atoms with Crippen LogP contribution in [-0.2, 0) is 0 Å². The normalized spacial score (nSPS) is 10.9. The van der Waals surface area contributed by atoms with Gasteiger partial charge in [0.1, 0.15) is 11.3 Å². The second-order valence-corrected chi connectivity index (χ2v) is 4.34. The summed E-state index contributed by atoms with van der Waals surface area (Å²) in [7, 11) is 0. The lowest BCUT2D eigenvalue weighted by molar-refractivity contribution is 0.474. The molecular weight excluding hydrogens is 252 g/mol. The Hall–Kier alpha value is -2.20. The van der Waals surface area contributed by atoms with E-state index in [0.29, 0.717) is 33.3 Å². The number of aromatic hydroxyl groups is 1. The number of halogens is 1. The molecule has 1 heterocycles. The Morgan fingerprint density at radius 2 is 2.00 bits per heavy atom. The molecule has 0 aliphatic carbocycles. The molecule has 0 saturated heterocycles. The maximum absolute atomic E-state index is 9.82. The van der Waals surface area contributed by atoms with E-state index in [4.69, 9.17) is 21.8 Å². The van der Waals surface area contributed by atoms with Crippen molar-refractivity contribution in [3.63, 3.8) is 0 Å². The van der Waals surface area contributed by atoms with Gasteiger partial charge >= 0.3 is 0 Å². The predicted molar refractivity (Wildman–Crippen MR) is 70.5 cm³/mol. The van der Waals surface area contributed by atoms with Crippen molar-refractivity contribution in [2.45, 2.75) is 0 Å². The lowest BCUT2D eigenvalue weighted by atomic mass is 10.2. The first kappa shape index (κ1) is 10.9. The highest BCUT2D eigenvalue weighted by molar-refractivity contribution is 6.31. The van der Waals surface area contributed by atoms with Crippen molar-refractivity contribution in [2.24, 2.45) is 0 Å². The molecule has 0 unspecified atom stereocenters. The molecule has 3 aromatic rings. The number of rotatable bonds is 1. The molecule has 0 spiro atoms. The average Bonchev–Trinajstić information content (AvgIpc) is 2.71. The minimum Gasteiger partial charge on any atom is -0.507 e. The van der Waals surface area contributed by atoms with E-state index in [2.05, 4.69) is 4.98 Å². The fourth-order valence-electron chi connectivity index (χ4n) is 1.75. The third kappa shape index (κ3) is 1.76. The van der Waals surface area contributed by atoms with E-state index in [1.165, 1.54) is 6.07 Å². The first-order chi connectivity index (χ1) is 8.63. The van der Waals surface area contributed by atoms with Crippen molar-refractivity contribution in [1.82, 2.24) is 4.98 Å². The number of nitrogens with two attached hydrogens (primary N) is 1. The van der Waals surface area contributed by atoms with Crippen molar-refractivity contribution in [3.05, 3.63) is 41.4 Å². The maximum Gasteiger partial charge on any atom is 0.231 e. The quantitative estimate of drug-likeness (QED) is 0.658. The Morgan fingerprint density at radius 3 is 2.78 bits per heavy atom. The summed E-state index contributed by atoms with van der Waals surface area (Å²) < 4.78 is 5.56. The van der Waals surface area contributed by atoms with E-state index in [0.717, 1.165) is 0 Å². The first-order valence-electron chi connectivity index (χ1n) is 5.28. The van der Waals surface area contributed by atoms with E-state index in [9.17, 15) is 5.11 Å². The number of phenolic OH excluding ortho intramolecular Hbond substituents is 1. The topological polar surface area (TPSA) is 72.3 Å². The van der Waals surface area contributed by atoms with Gasteiger partial charge in [0.05, 0.1) is 5.56 Å². The number of phenols is 1. The van der Waals surface area contributed by atoms with Crippen molar-refractivity contribution in [1.29, 1.82) is 0 Å². The Kier molecular flexibility index (Phi) is 2.38. The Balaban J connectivity index is 2.19. The molecular formula is C13H9ClN2O2. The Bertz CT molecular complexity index is 737. The van der Waals surface area contributed by atoms with E-state index in [1.807, 2.05) is 0 Å². The molecule has 90 valence electrons. The zero-order valence-corrected chi connectivity index (χ0v) is 9.98. The number of nitrogens with zero attached hydrogens (tertiary/aromatic N) is 1. The standard InChI is InChI=1S/C13H9ClN2O2/c14-7-1-4-12-10(5-7)16-13(18-12)9-3-2-8(15)6-11(9)17/h1-6,17H,15H2. The lowest BCUT2D eigenvalue weighted by Gasteiger charge is -2.00. The lowest BCUT2D eigenvalue weighted by Crippen LogP contribution is -1.85. The van der Waals surface area contributed by atoms with E-state index in [-0.39, 0.29) is 5.75 Å². The molecule has 1 aromatic heterocycles. The average molecular weight is 261 g/mol. The molecule has 3 rings (SSSR count). The number of fused-ring (bicyclic) bond motifs is 1. The van der Waals surface area contributed by atoms with Gasteiger partial charge in [0.2, 0.25) is 5.89 Å². The summed E-state index contributed by atoms with van der Waals surface area (Å²) in [6, 6.07) is 9.97. The molecule has 18 heavy (non-hydrogen) atoms. The molecule has 0 fully saturated rings. The number of aromatic nitrogens is 1. The van der Waals surface area contributed by atoms with Crippen molar-refractivity contribution in [3.8, 4) is 17.2 Å². The maximum atomic E-state index is 9.82. The zero-order valence-electron chi connectivity index (χ0n) is 9.22. The summed E-state index contributed by atoms with van der Waals surface area (Å²) in [6.45, 7) is 0. The van der Waals surface area contributed by atoms with Gasteiger partial charge in [-0.1, -0.05) is 11.6 Å². The smallest absolute Gasteiger partial charge is 0.231 e. The van der Waals surface area contributed by atoms with Gasteiger partial charge in [-0.05, 0) is 30.3 Å². The highest BCUT2D eigenvalue weighted by Crippen LogP contribution is 2.32. The molecule has 5 heteroatoms. The first-order valence-corrected chi connectivity index (χ1v) is 5.66. The van der Waals surface area contributed by atoms with E-state index >= 15 is 0 Å². The van der Waals surface area contributed by atoms with Gasteiger partial charge in [-0.15, -0.1) is 0 Å². The van der Waals surface area contributed by atoms with Crippen LogP contribution in [0, 0.1) is 0 Å². The van der Waals surface area contributed by atoms with Gasteiger partial charge in [-0.25, -0.2) is 4.98 Å². The third-order valence-electron chi connectivity index (χ3n) is 2.60. The molecule has 0 atom stereocenters. The molecule has 3 N–H and O–H groups in total. The number of benzene rings is 2. The summed E-state index contributed by atoms with van der Waals surface area (Å²) >= 11 is 5.88. The molecule has 0 amide bonds. The molecule has 0 aliphatic heterocycles. The highest BCUT2D eigenvalue weighted by Gasteiger charge is 2.12. The van der Waals surface area contributed by atoms with Gasteiger partial charge < -0.3 is 15.3 Å². The fourth-order valence-corrected chi connectivity index (χ4v) is 1.91. The van der Waals surface area contributed by atoms with Crippen molar-refractivity contribution < 1.29 is 9.52 Å². The third-order valence-corrected chi connectivity index (χ3v) is 2.84. The summed E-state index contributed by atoms with van der Waals surface area (Å²) in [4.78, 5) is 4.28. The molecule has 0 radical (unpaired) electrons. The van der Waals surface area contributed by atoms with Gasteiger partial charge in [-0.2, -0.15) is 0 Å². The molecule has 0 saturated carbocycles. The second kappa shape index (κ2) is 3.92. The van der Waals surface area contributed by atoms with Crippen LogP contribution in [0.15, 0.2) is 40.8 Å². The Labute approximate surface area is 108 Å². The minimum atomic E-state index is 0.0349. The molecule has 2 aromatic carbocycles. The van der Waals surface area contributed by atoms with Crippen LogP contribution in [0.3, 0.4) is 0 Å². The number of hydrogen-bond acceptors (Lipinski definition) is 4. The van der Waals surface area contributed by atoms with Crippen LogP contribution in [0.2, 0.25) is 5.02 Å². The molecule has 4 nitrogen and oxygen atoms in total. The SMILES string of the molecule is Nc1ccc(-c2nc3cc(Cl)ccc3o2)c(O)c1. The van der Waals surface area contributed by atoms with Gasteiger partial charge in [-0.3, -0.25) is 0 Å². The van der Waals surface area contributed by atoms with Crippen LogP contribution in [-0.4, -0.2) is 10.1 Å². The van der Waals surface area contributed by atoms with Crippen LogP contribution in [0.5, 0.6) is 5.75 Å². The number of oxazole rings is 1. The summed E-state index contributed by atoms with van der Waals surface area (Å²) in [6.07, 6.45) is 0. The second-order valence-electron chi connectivity index (χ2n) is 3.91. The largest absolute Gasteiger partial charge is 0.507 e. The predicted octanol–water partition coefficient (Wildman–Crippen LogP) is 3.44.